The first kappa shape index (κ1) is 30.7. The summed E-state index contributed by atoms with van der Waals surface area (Å²) in [5.74, 6) is -0.637. The highest BCUT2D eigenvalue weighted by Crippen LogP contribution is 2.52. The van der Waals surface area contributed by atoms with Gasteiger partial charge in [-0.15, -0.1) is 11.3 Å². The number of esters is 1. The second-order valence-corrected chi connectivity index (χ2v) is 14.2. The van der Waals surface area contributed by atoms with Crippen molar-refractivity contribution >= 4 is 29.2 Å². The molecule has 1 aromatic rings. The number of allylic oxidation sites excluding steroid dienone is 1. The van der Waals surface area contributed by atoms with Gasteiger partial charge in [-0.1, -0.05) is 60.1 Å². The zero-order chi connectivity index (χ0) is 28.6. The molecule has 1 aliphatic heterocycles. The topological polar surface area (TPSA) is 96.7 Å². The number of cyclic esters (lactones) is 1. The van der Waals surface area contributed by atoms with Crippen LogP contribution in [-0.4, -0.2) is 45.3 Å². The van der Waals surface area contributed by atoms with E-state index in [-0.39, 0.29) is 23.5 Å². The molecule has 2 N–H and O–H groups in total. The van der Waals surface area contributed by atoms with Crippen LogP contribution in [0.25, 0.3) is 6.08 Å². The Hall–Kier alpha value is -1.83. The number of fused-ring (bicyclic) bond motifs is 1. The average Bonchev–Trinajstić information content (AvgIpc) is 3.48. The van der Waals surface area contributed by atoms with E-state index in [4.69, 9.17) is 4.74 Å². The van der Waals surface area contributed by atoms with Crippen molar-refractivity contribution in [1.29, 1.82) is 0 Å². The molecule has 0 amide bonds. The van der Waals surface area contributed by atoms with Crippen LogP contribution in [-0.2, 0) is 14.3 Å². The Morgan fingerprint density at radius 1 is 1.18 bits per heavy atom. The summed E-state index contributed by atoms with van der Waals surface area (Å²) in [5, 5.41) is 25.1. The molecule has 0 bridgehead atoms. The van der Waals surface area contributed by atoms with Crippen LogP contribution >= 0.6 is 11.3 Å². The molecule has 7 heteroatoms. The summed E-state index contributed by atoms with van der Waals surface area (Å²) in [6, 6.07) is 0. The molecule has 1 aromatic heterocycles. The van der Waals surface area contributed by atoms with Gasteiger partial charge in [-0.3, -0.25) is 9.59 Å². The maximum Gasteiger partial charge on any atom is 0.309 e. The highest BCUT2D eigenvalue weighted by atomic mass is 32.1. The summed E-state index contributed by atoms with van der Waals surface area (Å²) in [7, 11) is 0. The van der Waals surface area contributed by atoms with Gasteiger partial charge in [0.2, 0.25) is 0 Å². The number of rotatable bonds is 2. The number of hydrogen-bond acceptors (Lipinski definition) is 7. The van der Waals surface area contributed by atoms with Crippen LogP contribution in [0, 0.1) is 41.4 Å². The van der Waals surface area contributed by atoms with Gasteiger partial charge < -0.3 is 14.9 Å². The molecular formula is C31H47NO5S. The van der Waals surface area contributed by atoms with Crippen LogP contribution in [0.5, 0.6) is 0 Å². The Labute approximate surface area is 232 Å². The lowest BCUT2D eigenvalue weighted by Gasteiger charge is -2.34. The van der Waals surface area contributed by atoms with E-state index in [1.54, 1.807) is 32.1 Å². The van der Waals surface area contributed by atoms with Crippen molar-refractivity contribution in [2.24, 2.45) is 34.5 Å². The van der Waals surface area contributed by atoms with E-state index in [2.05, 4.69) is 31.8 Å². The Balaban J connectivity index is 1.98. The summed E-state index contributed by atoms with van der Waals surface area (Å²) in [5.41, 5.74) is 1.78. The molecule has 212 valence electrons. The minimum Gasteiger partial charge on any atom is -0.457 e. The van der Waals surface area contributed by atoms with Crippen LogP contribution in [0.2, 0.25) is 0 Å². The zero-order valence-electron chi connectivity index (χ0n) is 24.6. The number of thiazole rings is 1. The van der Waals surface area contributed by atoms with Crippen LogP contribution in [0.3, 0.4) is 0 Å². The fraction of sp³-hybridized carbons (Fsp3) is 0.710. The Bertz CT molecular complexity index is 1080. The van der Waals surface area contributed by atoms with Crippen molar-refractivity contribution in [1.82, 2.24) is 4.98 Å². The first-order valence-corrected chi connectivity index (χ1v) is 14.8. The molecule has 6 nitrogen and oxygen atoms in total. The van der Waals surface area contributed by atoms with Gasteiger partial charge in [0, 0.05) is 17.7 Å². The number of carbonyl (C=O) groups is 2. The number of aliphatic hydroxyl groups is 2. The molecule has 0 aromatic carbocycles. The first-order valence-electron chi connectivity index (χ1n) is 13.9. The van der Waals surface area contributed by atoms with Crippen molar-refractivity contribution in [2.45, 2.75) is 106 Å². The molecule has 2 heterocycles. The van der Waals surface area contributed by atoms with Crippen molar-refractivity contribution < 1.29 is 24.5 Å². The van der Waals surface area contributed by atoms with Crippen LogP contribution in [0.1, 0.15) is 91.8 Å². The second kappa shape index (κ2) is 11.7. The molecule has 1 fully saturated rings. The lowest BCUT2D eigenvalue weighted by atomic mass is 9.72. The number of ether oxygens (including phenoxy) is 1. The van der Waals surface area contributed by atoms with Gasteiger partial charge in [0.15, 0.2) is 0 Å². The average molecular weight is 546 g/mol. The molecule has 1 aliphatic carbocycles. The van der Waals surface area contributed by atoms with Crippen molar-refractivity contribution in [3.63, 3.8) is 0 Å². The third-order valence-corrected chi connectivity index (χ3v) is 9.55. The smallest absolute Gasteiger partial charge is 0.309 e. The molecule has 0 unspecified atom stereocenters. The number of ketones is 1. The molecule has 0 radical (unpaired) electrons. The number of aryl methyl sites for hydroxylation is 1. The van der Waals surface area contributed by atoms with Gasteiger partial charge in [-0.05, 0) is 61.5 Å². The molecule has 3 rings (SSSR count). The van der Waals surface area contributed by atoms with E-state index >= 15 is 0 Å². The minimum atomic E-state index is -1.22. The fourth-order valence-electron chi connectivity index (χ4n) is 5.71. The fourth-order valence-corrected chi connectivity index (χ4v) is 6.28. The second-order valence-electron chi connectivity index (χ2n) is 13.2. The highest BCUT2D eigenvalue weighted by molar-refractivity contribution is 7.09. The molecule has 1 saturated carbocycles. The van der Waals surface area contributed by atoms with Gasteiger partial charge in [0.25, 0.3) is 0 Å². The standard InChI is InChI=1S/C31H47NO5S/c1-17(12-23-16-38-20(4)32-23)25-11-10-22(30(5,6)7)13-21-14-24(21)18(2)28(35)19(3)29(36)31(8,9)26(33)15-27(34)37-25/h10,12,16,18-19,21,24-26,28,33,35H,11,13-15H2,1-9H3/b17-12?,22-10+/t18-,19+,21+,24+,25+,26-,28-/m0/s1. The number of nitrogens with zero attached hydrogens (tertiary/aromatic N) is 1. The van der Waals surface area contributed by atoms with Gasteiger partial charge in [0.1, 0.15) is 11.9 Å². The van der Waals surface area contributed by atoms with Gasteiger partial charge in [0.05, 0.1) is 34.7 Å². The molecular weight excluding hydrogens is 498 g/mol. The summed E-state index contributed by atoms with van der Waals surface area (Å²) in [6.07, 6.45) is 3.83. The molecule has 2 aliphatic rings. The molecule has 7 atom stereocenters. The predicted octanol–water partition coefficient (Wildman–Crippen LogP) is 6.15. The van der Waals surface area contributed by atoms with Crippen LogP contribution < -0.4 is 0 Å². The van der Waals surface area contributed by atoms with Gasteiger partial charge in [-0.2, -0.15) is 0 Å². The number of Topliss-reactive ketones (excluding diaryl/α,β-unsaturated/α-hetero) is 1. The third kappa shape index (κ3) is 7.22. The van der Waals surface area contributed by atoms with Crippen molar-refractivity contribution in [3.8, 4) is 0 Å². The minimum absolute atomic E-state index is 0.0227. The lowest BCUT2D eigenvalue weighted by Crippen LogP contribution is -2.46. The zero-order valence-corrected chi connectivity index (χ0v) is 25.4. The predicted molar refractivity (Wildman–Crippen MR) is 152 cm³/mol. The summed E-state index contributed by atoms with van der Waals surface area (Å²) in [6.45, 7) is 17.6. The molecule has 38 heavy (non-hydrogen) atoms. The van der Waals surface area contributed by atoms with E-state index in [1.807, 2.05) is 32.2 Å². The van der Waals surface area contributed by atoms with E-state index < -0.39 is 35.6 Å². The Morgan fingerprint density at radius 3 is 2.42 bits per heavy atom. The number of carbonyl (C=O) groups excluding carboxylic acids is 2. The lowest BCUT2D eigenvalue weighted by molar-refractivity contribution is -0.154. The van der Waals surface area contributed by atoms with Crippen molar-refractivity contribution in [2.75, 3.05) is 0 Å². The molecule has 0 saturated heterocycles. The molecule has 0 spiro atoms. The maximum atomic E-state index is 13.4. The Morgan fingerprint density at radius 2 is 1.84 bits per heavy atom. The number of aliphatic hydroxyl groups excluding tert-OH is 2. The van der Waals surface area contributed by atoms with E-state index in [0.29, 0.717) is 18.3 Å². The summed E-state index contributed by atoms with van der Waals surface area (Å²) in [4.78, 5) is 31.0. The largest absolute Gasteiger partial charge is 0.457 e. The number of aromatic nitrogens is 1. The van der Waals surface area contributed by atoms with Gasteiger partial charge >= 0.3 is 5.97 Å². The third-order valence-electron chi connectivity index (χ3n) is 8.76. The first-order chi connectivity index (χ1) is 17.5. The van der Waals surface area contributed by atoms with Crippen LogP contribution in [0.15, 0.2) is 22.6 Å². The summed E-state index contributed by atoms with van der Waals surface area (Å²) < 4.78 is 5.96. The maximum absolute atomic E-state index is 13.4. The summed E-state index contributed by atoms with van der Waals surface area (Å²) >= 11 is 1.57. The van der Waals surface area contributed by atoms with Gasteiger partial charge in [-0.25, -0.2) is 4.98 Å². The SMILES string of the molecule is CC(=Cc1csc(C)n1)[C@H]1C/C=C(/C(C)(C)C)C[C@@H]2C[C@@H]2[C@H](C)[C@H](O)[C@@H](C)C(=O)C(C)(C)[C@@H](O)CC(=O)O1. The van der Waals surface area contributed by atoms with E-state index in [1.165, 1.54) is 5.57 Å². The number of hydrogen-bond donors (Lipinski definition) is 2. The quantitative estimate of drug-likeness (QED) is 0.342. The van der Waals surface area contributed by atoms with E-state index in [0.717, 1.165) is 29.1 Å². The normalized spacial score (nSPS) is 35.2. The van der Waals surface area contributed by atoms with E-state index in [9.17, 15) is 19.8 Å². The monoisotopic (exact) mass is 545 g/mol. The Kier molecular flexibility index (Phi) is 9.48. The van der Waals surface area contributed by atoms with Crippen molar-refractivity contribution in [3.05, 3.63) is 33.3 Å². The highest BCUT2D eigenvalue weighted by Gasteiger charge is 2.48. The van der Waals surface area contributed by atoms with Crippen LogP contribution in [0.4, 0.5) is 0 Å².